The summed E-state index contributed by atoms with van der Waals surface area (Å²) in [6, 6.07) is 17.2. The summed E-state index contributed by atoms with van der Waals surface area (Å²) in [5, 5.41) is 20.3. The van der Waals surface area contributed by atoms with Gasteiger partial charge in [0.1, 0.15) is 0 Å². The maximum Gasteiger partial charge on any atom is 4.00 e. The summed E-state index contributed by atoms with van der Waals surface area (Å²) in [6.07, 6.45) is 7.75. The van der Waals surface area contributed by atoms with Crippen molar-refractivity contribution in [3.63, 3.8) is 0 Å². The maximum atomic E-state index is 12.1. The summed E-state index contributed by atoms with van der Waals surface area (Å²) in [5.74, 6) is -27.2. The van der Waals surface area contributed by atoms with Gasteiger partial charge in [-0.3, -0.25) is 0 Å². The van der Waals surface area contributed by atoms with E-state index in [4.69, 9.17) is 0 Å². The van der Waals surface area contributed by atoms with Gasteiger partial charge in [-0.2, -0.15) is 35.4 Å². The van der Waals surface area contributed by atoms with Crippen LogP contribution < -0.4 is 10.2 Å². The van der Waals surface area contributed by atoms with Crippen molar-refractivity contribution in [2.75, 3.05) is 0 Å². The predicted molar refractivity (Wildman–Crippen MR) is 133 cm³/mol. The van der Waals surface area contributed by atoms with Crippen LogP contribution in [-0.2, 0) is 39.0 Å². The molecular formula is C30H26F10O2Zr. The quantitative estimate of drug-likeness (QED) is 0.0879. The van der Waals surface area contributed by atoms with E-state index < -0.39 is 69.7 Å². The van der Waals surface area contributed by atoms with Crippen LogP contribution >= 0.6 is 0 Å². The zero-order valence-corrected chi connectivity index (χ0v) is 25.4. The number of aryl methyl sites for hydroxylation is 2. The van der Waals surface area contributed by atoms with Crippen LogP contribution in [-0.4, -0.2) is 0 Å². The van der Waals surface area contributed by atoms with Gasteiger partial charge >= 0.3 is 26.2 Å². The molecular weight excluding hydrogens is 674 g/mol. The monoisotopic (exact) mass is 698 g/mol. The summed E-state index contributed by atoms with van der Waals surface area (Å²) in [7, 11) is 0. The van der Waals surface area contributed by atoms with Crippen LogP contribution in [0.3, 0.4) is 0 Å². The van der Waals surface area contributed by atoms with Gasteiger partial charge in [-0.25, -0.2) is 68.2 Å². The molecule has 0 atom stereocenters. The van der Waals surface area contributed by atoms with Crippen molar-refractivity contribution in [1.29, 1.82) is 0 Å². The van der Waals surface area contributed by atoms with Crippen molar-refractivity contribution >= 4 is 0 Å². The number of hydrogen-bond donors (Lipinski definition) is 0. The standard InChI is InChI=1S/2C9H13.2C6HF5O.Zr/c2*1-2-3-6-9-7-4-5-8-9;2*7-1-2(8)4(10)6(12)5(11)3(1)9;/h2*4-5,7-8H,2-3,6H2,1H3;2*12H;/q2*-1;;;+4/p-2. The molecule has 43 heavy (non-hydrogen) atoms. The van der Waals surface area contributed by atoms with Crippen LogP contribution in [0.2, 0.25) is 0 Å². The Bertz CT molecular complexity index is 1060. The van der Waals surface area contributed by atoms with Gasteiger partial charge in [0.25, 0.3) is 0 Å². The molecule has 232 valence electrons. The molecule has 0 amide bonds. The Morgan fingerprint density at radius 3 is 0.860 bits per heavy atom. The molecule has 0 N–H and O–H groups in total. The van der Waals surface area contributed by atoms with Gasteiger partial charge in [0.05, 0.1) is 0 Å². The normalized spacial score (nSPS) is 9.95. The van der Waals surface area contributed by atoms with Gasteiger partial charge in [-0.15, -0.1) is 0 Å². The fraction of sp³-hybridized carbons (Fsp3) is 0.267. The SMILES string of the molecule is CCCC[c-]1cccc1.CCCC[c-]1cccc1.[O-]c1c(F)c(F)c(F)c(F)c1F.[O-]c1c(F)c(F)c(F)c(F)c1F.[Zr+4]. The van der Waals surface area contributed by atoms with E-state index >= 15 is 0 Å². The van der Waals surface area contributed by atoms with E-state index in [0.717, 1.165) is 0 Å². The molecule has 0 bridgehead atoms. The molecule has 0 aliphatic rings. The fourth-order valence-electron chi connectivity index (χ4n) is 3.09. The van der Waals surface area contributed by atoms with Gasteiger partial charge in [0, 0.05) is 0 Å². The first-order valence-corrected chi connectivity index (χ1v) is 12.6. The number of hydrogen-bond acceptors (Lipinski definition) is 2. The summed E-state index contributed by atoms with van der Waals surface area (Å²) >= 11 is 0. The van der Waals surface area contributed by atoms with E-state index in [0.29, 0.717) is 0 Å². The predicted octanol–water partition coefficient (Wildman–Crippen LogP) is 8.41. The largest absolute Gasteiger partial charge is 4.00 e. The van der Waals surface area contributed by atoms with Crippen molar-refractivity contribution in [3.8, 4) is 11.5 Å². The average Bonchev–Trinajstić information content (AvgIpc) is 3.73. The molecule has 0 saturated heterocycles. The van der Waals surface area contributed by atoms with Gasteiger partial charge < -0.3 is 10.2 Å². The minimum Gasteiger partial charge on any atom is -0.868 e. The first-order chi connectivity index (χ1) is 19.8. The number of unbranched alkanes of at least 4 members (excludes halogenated alkanes) is 2. The molecule has 0 unspecified atom stereocenters. The molecule has 13 heteroatoms. The molecule has 0 fully saturated rings. The first kappa shape index (κ1) is 39.9. The second-order valence-electron chi connectivity index (χ2n) is 8.59. The van der Waals surface area contributed by atoms with Crippen LogP contribution in [0.5, 0.6) is 11.5 Å². The van der Waals surface area contributed by atoms with Crippen molar-refractivity contribution in [2.45, 2.75) is 52.4 Å². The smallest absolute Gasteiger partial charge is 0.868 e. The van der Waals surface area contributed by atoms with Gasteiger partial charge in [0.2, 0.25) is 0 Å². The molecule has 0 saturated carbocycles. The zero-order chi connectivity index (χ0) is 32.0. The van der Waals surface area contributed by atoms with Crippen LogP contribution in [0, 0.1) is 58.2 Å². The second kappa shape index (κ2) is 20.0. The molecule has 4 rings (SSSR count). The minimum atomic E-state index is -2.33. The van der Waals surface area contributed by atoms with E-state index in [1.54, 1.807) is 0 Å². The third-order valence-corrected chi connectivity index (χ3v) is 5.44. The molecule has 0 aliphatic carbocycles. The van der Waals surface area contributed by atoms with Crippen LogP contribution in [0.25, 0.3) is 0 Å². The van der Waals surface area contributed by atoms with Crippen molar-refractivity contribution in [2.24, 2.45) is 0 Å². The van der Waals surface area contributed by atoms with Crippen molar-refractivity contribution in [3.05, 3.63) is 118 Å². The van der Waals surface area contributed by atoms with Gasteiger partial charge in [-0.1, -0.05) is 52.4 Å². The Hall–Kier alpha value is -3.08. The number of rotatable bonds is 6. The Morgan fingerprint density at radius 2 is 0.651 bits per heavy atom. The molecule has 0 aliphatic heterocycles. The molecule has 0 aromatic heterocycles. The molecule has 4 aromatic rings. The Morgan fingerprint density at radius 1 is 0.442 bits per heavy atom. The summed E-state index contributed by atoms with van der Waals surface area (Å²) in [5.41, 5.74) is 2.97. The van der Waals surface area contributed by atoms with Gasteiger partial charge in [0.15, 0.2) is 58.2 Å². The second-order valence-corrected chi connectivity index (χ2v) is 8.59. The van der Waals surface area contributed by atoms with Gasteiger partial charge in [-0.05, 0) is 11.5 Å². The molecule has 0 heterocycles. The number of benzene rings is 2. The molecule has 2 nitrogen and oxygen atoms in total. The van der Waals surface area contributed by atoms with E-state index in [1.807, 2.05) is 0 Å². The molecule has 0 spiro atoms. The molecule has 0 radical (unpaired) electrons. The zero-order valence-electron chi connectivity index (χ0n) is 23.0. The van der Waals surface area contributed by atoms with Crippen molar-refractivity contribution in [1.82, 2.24) is 0 Å². The average molecular weight is 700 g/mol. The first-order valence-electron chi connectivity index (χ1n) is 12.6. The Labute approximate surface area is 261 Å². The van der Waals surface area contributed by atoms with E-state index in [-0.39, 0.29) is 26.2 Å². The Kier molecular flexibility index (Phi) is 18.6. The minimum absolute atomic E-state index is 0. The van der Waals surface area contributed by atoms with Crippen LogP contribution in [0.1, 0.15) is 50.7 Å². The molecule has 4 aromatic carbocycles. The van der Waals surface area contributed by atoms with Crippen molar-refractivity contribution < 1.29 is 80.3 Å². The summed E-state index contributed by atoms with van der Waals surface area (Å²) in [4.78, 5) is 0. The topological polar surface area (TPSA) is 46.1 Å². The van der Waals surface area contributed by atoms with Crippen LogP contribution in [0.15, 0.2) is 48.5 Å². The Balaban J connectivity index is 0.000000548. The van der Waals surface area contributed by atoms with E-state index in [1.165, 1.54) is 49.7 Å². The maximum absolute atomic E-state index is 12.1. The third kappa shape index (κ3) is 11.8. The fourth-order valence-corrected chi connectivity index (χ4v) is 3.09. The van der Waals surface area contributed by atoms with E-state index in [2.05, 4.69) is 62.4 Å². The third-order valence-electron chi connectivity index (χ3n) is 5.44. The van der Waals surface area contributed by atoms with Crippen LogP contribution in [0.4, 0.5) is 43.9 Å². The summed E-state index contributed by atoms with van der Waals surface area (Å²) in [6.45, 7) is 4.45. The number of halogens is 10. The summed E-state index contributed by atoms with van der Waals surface area (Å²) < 4.78 is 121. The van der Waals surface area contributed by atoms with E-state index in [9.17, 15) is 54.1 Å².